The Labute approximate surface area is 361 Å². The molecule has 3 aliphatic heterocycles. The predicted molar refractivity (Wildman–Crippen MR) is 236 cm³/mol. The number of carbonyl (C=O) groups is 3. The topological polar surface area (TPSA) is 161 Å². The maximum absolute atomic E-state index is 14.4. The summed E-state index contributed by atoms with van der Waals surface area (Å²) in [5, 5.41) is 5.69. The molecule has 0 saturated carbocycles. The Bertz CT molecular complexity index is 2300. The summed E-state index contributed by atoms with van der Waals surface area (Å²) >= 11 is 0. The van der Waals surface area contributed by atoms with Gasteiger partial charge in [-0.15, -0.1) is 0 Å². The lowest BCUT2D eigenvalue weighted by Gasteiger charge is -2.34. The number of nitrogens with one attached hydrogen (secondary N) is 4. The fourth-order valence-electron chi connectivity index (χ4n) is 9.85. The van der Waals surface area contributed by atoms with Crippen molar-refractivity contribution in [2.24, 2.45) is 11.8 Å². The minimum absolute atomic E-state index is 0.000787. The Kier molecular flexibility index (Phi) is 12.2. The fraction of sp³-hybridized carbons (Fsp3) is 0.468. The number of imidazole rings is 2. The summed E-state index contributed by atoms with van der Waals surface area (Å²) in [5.41, 5.74) is 7.51. The van der Waals surface area contributed by atoms with Gasteiger partial charge in [0.1, 0.15) is 23.5 Å². The number of nitrogens with zero attached hydrogens (tertiary/aromatic N) is 5. The van der Waals surface area contributed by atoms with Crippen LogP contribution in [0.2, 0.25) is 0 Å². The third-order valence-electron chi connectivity index (χ3n) is 13.0. The second kappa shape index (κ2) is 17.7. The van der Waals surface area contributed by atoms with Crippen LogP contribution >= 0.6 is 0 Å². The molecular weight excluding hydrogens is 790 g/mol. The summed E-state index contributed by atoms with van der Waals surface area (Å²) in [6, 6.07) is 18.2. The van der Waals surface area contributed by atoms with Crippen molar-refractivity contribution in [2.75, 3.05) is 32.2 Å². The van der Waals surface area contributed by atoms with Crippen molar-refractivity contribution in [1.29, 1.82) is 0 Å². The zero-order valence-corrected chi connectivity index (χ0v) is 36.4. The summed E-state index contributed by atoms with van der Waals surface area (Å²) in [5.74, 6) is 1.13. The number of halogens is 1. The smallest absolute Gasteiger partial charge is 0.407 e. The van der Waals surface area contributed by atoms with Crippen LogP contribution in [0, 0.1) is 17.7 Å². The first kappa shape index (κ1) is 42.6. The highest BCUT2D eigenvalue weighted by Crippen LogP contribution is 2.48. The van der Waals surface area contributed by atoms with Gasteiger partial charge in [0.25, 0.3) is 0 Å². The van der Waals surface area contributed by atoms with Crippen molar-refractivity contribution in [3.05, 3.63) is 102 Å². The molecule has 0 bridgehead atoms. The van der Waals surface area contributed by atoms with E-state index in [2.05, 4.69) is 81.2 Å². The quantitative estimate of drug-likeness (QED) is 0.0963. The van der Waals surface area contributed by atoms with Crippen LogP contribution in [-0.2, 0) is 14.3 Å². The van der Waals surface area contributed by atoms with Crippen LogP contribution in [0.5, 0.6) is 0 Å². The number of ether oxygens (including phenoxy) is 2. The lowest BCUT2D eigenvalue weighted by atomic mass is 10.00. The van der Waals surface area contributed by atoms with Gasteiger partial charge in [0, 0.05) is 24.5 Å². The SMILES string of the molecule is C=C([C@@H](NC(=O)OC)C(C)C)N1CCC[C@H]1c1nc2ccc([C@@H]3CC[C@@H](c4ccc5nc([C@@H]6CCCN6C(=O)[C@@H](NC(=O)OC)C(C)C)[nH]c5c4)N3c3ccc(F)cc3)cc2[nH]1. The molecule has 328 valence electrons. The number of anilines is 1. The minimum Gasteiger partial charge on any atom is -0.453 e. The Morgan fingerprint density at radius 1 is 0.694 bits per heavy atom. The van der Waals surface area contributed by atoms with Crippen molar-refractivity contribution >= 4 is 45.8 Å². The van der Waals surface area contributed by atoms with Gasteiger partial charge in [0.15, 0.2) is 0 Å². The van der Waals surface area contributed by atoms with E-state index in [1.54, 1.807) is 0 Å². The Balaban J connectivity index is 1.06. The van der Waals surface area contributed by atoms with Gasteiger partial charge >= 0.3 is 12.2 Å². The number of alkyl carbamates (subject to hydrolysis) is 2. The van der Waals surface area contributed by atoms with E-state index in [-0.39, 0.29) is 53.8 Å². The van der Waals surface area contributed by atoms with Crippen molar-refractivity contribution < 1.29 is 28.2 Å². The zero-order valence-electron chi connectivity index (χ0n) is 36.4. The fourth-order valence-corrected chi connectivity index (χ4v) is 9.85. The van der Waals surface area contributed by atoms with Gasteiger partial charge in [0.2, 0.25) is 5.91 Å². The maximum Gasteiger partial charge on any atom is 0.407 e. The summed E-state index contributed by atoms with van der Waals surface area (Å²) in [7, 11) is 2.66. The first-order valence-electron chi connectivity index (χ1n) is 21.8. The first-order chi connectivity index (χ1) is 29.8. The van der Waals surface area contributed by atoms with E-state index >= 15 is 0 Å². The number of hydrogen-bond donors (Lipinski definition) is 4. The number of amides is 3. The largest absolute Gasteiger partial charge is 0.453 e. The third kappa shape index (κ3) is 8.28. The molecule has 4 N–H and O–H groups in total. The highest BCUT2D eigenvalue weighted by atomic mass is 19.1. The van der Waals surface area contributed by atoms with Crippen molar-refractivity contribution in [1.82, 2.24) is 40.4 Å². The Hall–Kier alpha value is -6.12. The second-order valence-electron chi connectivity index (χ2n) is 17.5. The number of H-pyrrole nitrogens is 2. The normalized spacial score (nSPS) is 21.3. The van der Waals surface area contributed by atoms with Crippen LogP contribution in [-0.4, -0.2) is 87.2 Å². The highest BCUT2D eigenvalue weighted by molar-refractivity contribution is 5.86. The number of methoxy groups -OCH3 is 2. The number of aromatic nitrogens is 4. The molecule has 5 aromatic rings. The molecule has 0 unspecified atom stereocenters. The number of rotatable bonds is 12. The van der Waals surface area contributed by atoms with Crippen LogP contribution in [0.15, 0.2) is 72.9 Å². The van der Waals surface area contributed by atoms with Gasteiger partial charge in [-0.25, -0.2) is 23.9 Å². The molecule has 62 heavy (non-hydrogen) atoms. The number of carbonyl (C=O) groups excluding carboxylic acids is 3. The first-order valence-corrected chi connectivity index (χ1v) is 21.8. The monoisotopic (exact) mass is 847 g/mol. The number of benzene rings is 3. The van der Waals surface area contributed by atoms with E-state index in [0.717, 1.165) is 101 Å². The highest BCUT2D eigenvalue weighted by Gasteiger charge is 2.39. The van der Waals surface area contributed by atoms with Crippen molar-refractivity contribution in [2.45, 2.75) is 102 Å². The molecule has 8 rings (SSSR count). The zero-order chi connectivity index (χ0) is 43.8. The van der Waals surface area contributed by atoms with Gasteiger partial charge in [-0.05, 0) is 110 Å². The summed E-state index contributed by atoms with van der Waals surface area (Å²) in [6.07, 6.45) is 4.09. The van der Waals surface area contributed by atoms with E-state index in [1.807, 2.05) is 36.9 Å². The van der Waals surface area contributed by atoms with E-state index in [9.17, 15) is 18.8 Å². The van der Waals surface area contributed by atoms with Gasteiger partial charge in [-0.1, -0.05) is 46.4 Å². The molecule has 3 aromatic carbocycles. The lowest BCUT2D eigenvalue weighted by molar-refractivity contribution is -0.135. The molecule has 0 spiro atoms. The summed E-state index contributed by atoms with van der Waals surface area (Å²) in [4.78, 5) is 61.9. The van der Waals surface area contributed by atoms with E-state index in [1.165, 1.54) is 26.4 Å². The average molecular weight is 848 g/mol. The predicted octanol–water partition coefficient (Wildman–Crippen LogP) is 8.74. The maximum atomic E-state index is 14.4. The number of hydrogen-bond acceptors (Lipinski definition) is 9. The van der Waals surface area contributed by atoms with Crippen LogP contribution in [0.1, 0.15) is 113 Å². The molecule has 0 radical (unpaired) electrons. The molecule has 5 heterocycles. The number of likely N-dealkylation sites (tertiary alicyclic amines) is 2. The molecule has 15 heteroatoms. The van der Waals surface area contributed by atoms with Crippen molar-refractivity contribution in [3.8, 4) is 0 Å². The molecule has 2 aromatic heterocycles. The summed E-state index contributed by atoms with van der Waals surface area (Å²) in [6.45, 7) is 13.7. The molecular formula is C47H58FN9O5. The third-order valence-corrected chi connectivity index (χ3v) is 13.0. The van der Waals surface area contributed by atoms with Crippen LogP contribution in [0.25, 0.3) is 22.1 Å². The standard InChI is InChI=1S/C47H58FN9O5/c1-26(2)41(53-46(59)61-6)28(5)55-22-8-10-39(55)43-49-33-18-12-29(24-35(33)51-43)37-20-21-38(57(37)32-16-14-31(48)15-17-32)30-13-19-34-36(25-30)52-44(50-34)40-11-9-23-56(40)45(58)42(27(3)4)54-47(60)62-7/h12-19,24-27,37-42H,5,8-11,20-23H2,1-4,6-7H3,(H,49,51)(H,50,52)(H,53,59)(H,54,60)/t37-,38-,39-,40-,41-,42-/m0/s1. The molecule has 6 atom stereocenters. The lowest BCUT2D eigenvalue weighted by Crippen LogP contribution is -2.51. The molecule has 3 amide bonds. The van der Waals surface area contributed by atoms with Gasteiger partial charge in [0.05, 0.1) is 66.5 Å². The van der Waals surface area contributed by atoms with Gasteiger partial charge < -0.3 is 44.8 Å². The second-order valence-corrected chi connectivity index (χ2v) is 17.5. The molecule has 0 aliphatic carbocycles. The van der Waals surface area contributed by atoms with E-state index in [4.69, 9.17) is 19.4 Å². The Morgan fingerprint density at radius 2 is 1.18 bits per heavy atom. The number of aromatic amines is 2. The molecule has 3 aliphatic rings. The molecule has 3 fully saturated rings. The van der Waals surface area contributed by atoms with Gasteiger partial charge in [-0.2, -0.15) is 0 Å². The van der Waals surface area contributed by atoms with E-state index in [0.29, 0.717) is 6.54 Å². The molecule has 14 nitrogen and oxygen atoms in total. The number of fused-ring (bicyclic) bond motifs is 2. The Morgan fingerprint density at radius 3 is 1.68 bits per heavy atom. The van der Waals surface area contributed by atoms with Crippen molar-refractivity contribution in [3.63, 3.8) is 0 Å². The van der Waals surface area contributed by atoms with Crippen LogP contribution in [0.3, 0.4) is 0 Å². The average Bonchev–Trinajstić information content (AvgIpc) is 4.12. The summed E-state index contributed by atoms with van der Waals surface area (Å²) < 4.78 is 24.1. The molecule has 3 saturated heterocycles. The van der Waals surface area contributed by atoms with Crippen LogP contribution in [0.4, 0.5) is 19.7 Å². The van der Waals surface area contributed by atoms with Gasteiger partial charge in [-0.3, -0.25) is 4.79 Å². The van der Waals surface area contributed by atoms with Crippen LogP contribution < -0.4 is 15.5 Å². The van der Waals surface area contributed by atoms with E-state index < -0.39 is 18.2 Å². The minimum atomic E-state index is -0.716.